The zero-order chi connectivity index (χ0) is 17.7. The van der Waals surface area contributed by atoms with E-state index in [9.17, 15) is 19.8 Å². The van der Waals surface area contributed by atoms with Crippen molar-refractivity contribution in [3.63, 3.8) is 0 Å². The van der Waals surface area contributed by atoms with E-state index in [0.29, 0.717) is 5.56 Å². The van der Waals surface area contributed by atoms with Crippen molar-refractivity contribution in [1.29, 1.82) is 0 Å². The van der Waals surface area contributed by atoms with Crippen LogP contribution in [-0.4, -0.2) is 27.1 Å². The third-order valence-corrected chi connectivity index (χ3v) is 3.58. The van der Waals surface area contributed by atoms with E-state index in [1.807, 2.05) is 0 Å². The molecule has 0 fully saturated rings. The number of benzene rings is 2. The first-order chi connectivity index (χ1) is 11.4. The van der Waals surface area contributed by atoms with Crippen molar-refractivity contribution in [3.05, 3.63) is 58.1 Å². The molecule has 24 heavy (non-hydrogen) atoms. The van der Waals surface area contributed by atoms with Gasteiger partial charge in [0, 0.05) is 16.1 Å². The summed E-state index contributed by atoms with van der Waals surface area (Å²) < 4.78 is 0.834. The Labute approximate surface area is 150 Å². The number of carbonyl (C=O) groups is 2. The number of rotatable bonds is 2. The van der Waals surface area contributed by atoms with E-state index in [4.69, 9.17) is 12.2 Å². The minimum Gasteiger partial charge on any atom is -0.508 e. The second kappa shape index (κ2) is 7.75. The number of halogens is 1. The molecule has 5 N–H and O–H groups in total. The minimum atomic E-state index is -0.687. The summed E-state index contributed by atoms with van der Waals surface area (Å²) in [5, 5.41) is 21.1. The van der Waals surface area contributed by atoms with Gasteiger partial charge in [0.1, 0.15) is 11.5 Å². The van der Waals surface area contributed by atoms with E-state index in [2.05, 4.69) is 32.1 Å². The fourth-order valence-electron chi connectivity index (χ4n) is 1.70. The zero-order valence-electron chi connectivity index (χ0n) is 12.0. The Morgan fingerprint density at radius 2 is 1.62 bits per heavy atom. The number of amides is 2. The van der Waals surface area contributed by atoms with Crippen molar-refractivity contribution < 1.29 is 19.8 Å². The number of hydrogen-bond acceptors (Lipinski definition) is 5. The van der Waals surface area contributed by atoms with Crippen LogP contribution in [0.25, 0.3) is 0 Å². The summed E-state index contributed by atoms with van der Waals surface area (Å²) in [6, 6.07) is 10.2. The van der Waals surface area contributed by atoms with Gasteiger partial charge in [0.2, 0.25) is 0 Å². The van der Waals surface area contributed by atoms with Crippen LogP contribution in [-0.2, 0) is 0 Å². The van der Waals surface area contributed by atoms with Crippen molar-refractivity contribution in [2.45, 2.75) is 0 Å². The molecule has 0 aliphatic heterocycles. The van der Waals surface area contributed by atoms with E-state index in [1.54, 1.807) is 24.3 Å². The average Bonchev–Trinajstić information content (AvgIpc) is 2.53. The van der Waals surface area contributed by atoms with Gasteiger partial charge in [0.25, 0.3) is 11.8 Å². The molecule has 0 spiro atoms. The smallest absolute Gasteiger partial charge is 0.273 e. The molecule has 124 valence electrons. The van der Waals surface area contributed by atoms with Gasteiger partial charge in [-0.15, -0.1) is 0 Å². The molecule has 0 aliphatic carbocycles. The van der Waals surface area contributed by atoms with E-state index in [1.165, 1.54) is 12.1 Å². The molecular formula is C15H12BrN3O4S. The highest BCUT2D eigenvalue weighted by atomic mass is 79.9. The molecule has 2 aromatic carbocycles. The lowest BCUT2D eigenvalue weighted by Gasteiger charge is -2.11. The lowest BCUT2D eigenvalue weighted by atomic mass is 10.2. The normalized spacial score (nSPS) is 9.88. The first-order valence-corrected chi connectivity index (χ1v) is 7.76. The Balaban J connectivity index is 1.89. The summed E-state index contributed by atoms with van der Waals surface area (Å²) in [5.74, 6) is -1.69. The largest absolute Gasteiger partial charge is 0.508 e. The lowest BCUT2D eigenvalue weighted by molar-refractivity contribution is 0.0932. The summed E-state index contributed by atoms with van der Waals surface area (Å²) >= 11 is 8.17. The standard InChI is InChI=1S/C15H12BrN3O4S/c16-9-3-1-8(2-4-9)13(22)17-15(24)19-18-14(23)11-6-5-10(20)7-12(11)21/h1-7,20-21H,(H,18,23)(H2,17,19,22,24). The second-order valence-electron chi connectivity index (χ2n) is 4.57. The molecule has 9 heteroatoms. The first-order valence-electron chi connectivity index (χ1n) is 6.56. The Morgan fingerprint density at radius 3 is 2.25 bits per heavy atom. The van der Waals surface area contributed by atoms with Gasteiger partial charge >= 0.3 is 0 Å². The van der Waals surface area contributed by atoms with Gasteiger partial charge in [-0.05, 0) is 48.6 Å². The van der Waals surface area contributed by atoms with Crippen LogP contribution in [0.3, 0.4) is 0 Å². The molecule has 0 atom stereocenters. The van der Waals surface area contributed by atoms with Gasteiger partial charge in [0.15, 0.2) is 5.11 Å². The second-order valence-corrected chi connectivity index (χ2v) is 5.89. The number of hydrogen-bond donors (Lipinski definition) is 5. The molecule has 2 aromatic rings. The van der Waals surface area contributed by atoms with Gasteiger partial charge < -0.3 is 10.2 Å². The van der Waals surface area contributed by atoms with Crippen LogP contribution in [0.4, 0.5) is 0 Å². The molecule has 0 radical (unpaired) electrons. The summed E-state index contributed by atoms with van der Waals surface area (Å²) in [5.41, 5.74) is 4.91. The Morgan fingerprint density at radius 1 is 0.958 bits per heavy atom. The molecule has 0 heterocycles. The van der Waals surface area contributed by atoms with Crippen LogP contribution < -0.4 is 16.2 Å². The zero-order valence-corrected chi connectivity index (χ0v) is 14.4. The third kappa shape index (κ3) is 4.67. The van der Waals surface area contributed by atoms with Gasteiger partial charge in [-0.25, -0.2) is 0 Å². The van der Waals surface area contributed by atoms with E-state index >= 15 is 0 Å². The molecular weight excluding hydrogens is 398 g/mol. The number of phenols is 2. The summed E-state index contributed by atoms with van der Waals surface area (Å²) in [6.07, 6.45) is 0. The quantitative estimate of drug-likeness (QED) is 0.382. The van der Waals surface area contributed by atoms with Gasteiger partial charge in [0.05, 0.1) is 5.56 Å². The minimum absolute atomic E-state index is 0.0673. The van der Waals surface area contributed by atoms with Crippen molar-refractivity contribution in [2.24, 2.45) is 0 Å². The molecule has 0 saturated carbocycles. The highest BCUT2D eigenvalue weighted by Gasteiger charge is 2.13. The maximum absolute atomic E-state index is 11.9. The Hall–Kier alpha value is -2.65. The van der Waals surface area contributed by atoms with Gasteiger partial charge in [-0.2, -0.15) is 0 Å². The highest BCUT2D eigenvalue weighted by Crippen LogP contribution is 2.22. The van der Waals surface area contributed by atoms with E-state index in [-0.39, 0.29) is 22.2 Å². The number of phenolic OH excluding ortho intramolecular Hbond substituents is 2. The molecule has 2 amide bonds. The maximum Gasteiger partial charge on any atom is 0.273 e. The summed E-state index contributed by atoms with van der Waals surface area (Å²) in [4.78, 5) is 23.8. The van der Waals surface area contributed by atoms with E-state index in [0.717, 1.165) is 10.5 Å². The number of carbonyl (C=O) groups excluding carboxylic acids is 2. The molecule has 0 bridgehead atoms. The lowest BCUT2D eigenvalue weighted by Crippen LogP contribution is -2.48. The predicted molar refractivity (Wildman–Crippen MR) is 94.6 cm³/mol. The maximum atomic E-state index is 11.9. The van der Waals surface area contributed by atoms with Gasteiger partial charge in [-0.1, -0.05) is 15.9 Å². The summed E-state index contributed by atoms with van der Waals surface area (Å²) in [6.45, 7) is 0. The molecule has 0 saturated heterocycles. The number of thiocarbonyl (C=S) groups is 1. The van der Waals surface area contributed by atoms with Crippen LogP contribution in [0.2, 0.25) is 0 Å². The Bertz CT molecular complexity index is 796. The molecule has 7 nitrogen and oxygen atoms in total. The van der Waals surface area contributed by atoms with Gasteiger partial charge in [-0.3, -0.25) is 25.8 Å². The van der Waals surface area contributed by atoms with Crippen LogP contribution >= 0.6 is 28.1 Å². The van der Waals surface area contributed by atoms with Crippen molar-refractivity contribution >= 4 is 45.1 Å². The molecule has 0 aromatic heterocycles. The number of nitrogens with one attached hydrogen (secondary N) is 3. The van der Waals surface area contributed by atoms with Crippen molar-refractivity contribution in [3.8, 4) is 11.5 Å². The topological polar surface area (TPSA) is 111 Å². The third-order valence-electron chi connectivity index (χ3n) is 2.85. The molecule has 0 unspecified atom stereocenters. The highest BCUT2D eigenvalue weighted by molar-refractivity contribution is 9.10. The van der Waals surface area contributed by atoms with Crippen LogP contribution in [0.1, 0.15) is 20.7 Å². The van der Waals surface area contributed by atoms with Crippen LogP contribution in [0.15, 0.2) is 46.9 Å². The monoisotopic (exact) mass is 409 g/mol. The van der Waals surface area contributed by atoms with Crippen molar-refractivity contribution in [2.75, 3.05) is 0 Å². The SMILES string of the molecule is O=C(NC(=S)NNC(=O)c1ccc(O)cc1O)c1ccc(Br)cc1. The van der Waals surface area contributed by atoms with Crippen LogP contribution in [0.5, 0.6) is 11.5 Å². The average molecular weight is 410 g/mol. The van der Waals surface area contributed by atoms with E-state index < -0.39 is 11.8 Å². The van der Waals surface area contributed by atoms with Crippen molar-refractivity contribution in [1.82, 2.24) is 16.2 Å². The van der Waals surface area contributed by atoms with Crippen LogP contribution in [0, 0.1) is 0 Å². The fraction of sp³-hybridized carbons (Fsp3) is 0. The number of hydrazine groups is 1. The summed E-state index contributed by atoms with van der Waals surface area (Å²) in [7, 11) is 0. The predicted octanol–water partition coefficient (Wildman–Crippen LogP) is 1.81. The Kier molecular flexibility index (Phi) is 5.72. The molecule has 0 aliphatic rings. The molecule has 2 rings (SSSR count). The number of aromatic hydroxyl groups is 2. The first kappa shape index (κ1) is 17.7. The fourth-order valence-corrected chi connectivity index (χ4v) is 2.11.